The van der Waals surface area contributed by atoms with Gasteiger partial charge in [0.05, 0.1) is 5.41 Å². The molecule has 0 bridgehead atoms. The SMILES string of the molecule is CC(C)N1CCC(N2CCC[C@@]3(C[C@H]3N(CC(=O)O)S(=O)(=O)c3cc4ccc(Cl)cc4s3)C2=O)CC1. The minimum absolute atomic E-state index is 0.00421. The number of hydrogen-bond donors (Lipinski definition) is 1. The molecular weight excluding hydrogens is 522 g/mol. The van der Waals surface area contributed by atoms with Crippen LogP contribution in [0.25, 0.3) is 10.1 Å². The van der Waals surface area contributed by atoms with Crippen molar-refractivity contribution in [1.29, 1.82) is 0 Å². The number of benzene rings is 1. The molecule has 5 rings (SSSR count). The van der Waals surface area contributed by atoms with Gasteiger partial charge in [-0.3, -0.25) is 9.59 Å². The number of carbonyl (C=O) groups excluding carboxylic acids is 1. The van der Waals surface area contributed by atoms with Gasteiger partial charge in [-0.1, -0.05) is 17.7 Å². The number of likely N-dealkylation sites (tertiary alicyclic amines) is 2. The van der Waals surface area contributed by atoms with Gasteiger partial charge in [-0.05, 0) is 69.5 Å². The Morgan fingerprint density at radius 1 is 1.25 bits per heavy atom. The Balaban J connectivity index is 1.39. The summed E-state index contributed by atoms with van der Waals surface area (Å²) in [4.78, 5) is 29.9. The predicted octanol–water partition coefficient (Wildman–Crippen LogP) is 3.88. The van der Waals surface area contributed by atoms with Crippen molar-refractivity contribution in [3.8, 4) is 0 Å². The lowest BCUT2D eigenvalue weighted by Gasteiger charge is -2.43. The van der Waals surface area contributed by atoms with Gasteiger partial charge in [0.2, 0.25) is 5.91 Å². The summed E-state index contributed by atoms with van der Waals surface area (Å²) in [6.45, 7) is 6.26. The highest BCUT2D eigenvalue weighted by molar-refractivity contribution is 7.91. The lowest BCUT2D eigenvalue weighted by atomic mass is 9.89. The van der Waals surface area contributed by atoms with E-state index in [9.17, 15) is 23.1 Å². The van der Waals surface area contributed by atoms with Crippen LogP contribution in [0.3, 0.4) is 0 Å². The number of thiophene rings is 1. The summed E-state index contributed by atoms with van der Waals surface area (Å²) in [6.07, 6.45) is 3.58. The molecule has 1 aromatic heterocycles. The number of carbonyl (C=O) groups is 2. The smallest absolute Gasteiger partial charge is 0.318 e. The number of aliphatic carboxylic acids is 1. The predicted molar refractivity (Wildman–Crippen MR) is 140 cm³/mol. The van der Waals surface area contributed by atoms with E-state index in [0.717, 1.165) is 58.1 Å². The molecule has 196 valence electrons. The molecule has 36 heavy (non-hydrogen) atoms. The van der Waals surface area contributed by atoms with Gasteiger partial charge in [-0.2, -0.15) is 4.31 Å². The average Bonchev–Trinajstić information content (AvgIpc) is 3.36. The standard InChI is InChI=1S/C25H32ClN3O5S2/c1-16(2)27-10-6-19(7-11-27)28-9-3-8-25(24(28)32)14-21(25)29(15-22(30)31)36(33,34)23-12-17-4-5-18(26)13-20(17)35-23/h4-5,12-13,16,19,21H,3,6-11,14-15H2,1-2H3,(H,30,31)/t21-,25+/m1/s1. The molecule has 2 aromatic rings. The highest BCUT2D eigenvalue weighted by Gasteiger charge is 2.66. The van der Waals surface area contributed by atoms with Crippen LogP contribution in [-0.2, 0) is 19.6 Å². The van der Waals surface area contributed by atoms with Gasteiger partial charge in [0, 0.05) is 47.5 Å². The molecule has 3 fully saturated rings. The second-order valence-electron chi connectivity index (χ2n) is 10.5. The normalized spacial score (nSPS) is 26.0. The van der Waals surface area contributed by atoms with Crippen molar-refractivity contribution < 1.29 is 23.1 Å². The molecule has 0 unspecified atom stereocenters. The van der Waals surface area contributed by atoms with E-state index in [1.807, 2.05) is 4.90 Å². The Kier molecular flexibility index (Phi) is 6.87. The first kappa shape index (κ1) is 25.9. The Labute approximate surface area is 220 Å². The molecule has 3 heterocycles. The lowest BCUT2D eigenvalue weighted by Crippen LogP contribution is -2.54. The van der Waals surface area contributed by atoms with E-state index in [4.69, 9.17) is 11.6 Å². The number of nitrogens with zero attached hydrogens (tertiary/aromatic N) is 3. The van der Waals surface area contributed by atoms with Crippen molar-refractivity contribution in [2.45, 2.75) is 68.3 Å². The van der Waals surface area contributed by atoms with Gasteiger partial charge in [-0.25, -0.2) is 8.42 Å². The van der Waals surface area contributed by atoms with Crippen molar-refractivity contribution >= 4 is 54.9 Å². The van der Waals surface area contributed by atoms with E-state index in [1.165, 1.54) is 0 Å². The fraction of sp³-hybridized carbons (Fsp3) is 0.600. The first-order chi connectivity index (χ1) is 17.0. The fourth-order valence-corrected chi connectivity index (χ4v) is 9.45. The van der Waals surface area contributed by atoms with Crippen molar-refractivity contribution in [1.82, 2.24) is 14.1 Å². The van der Waals surface area contributed by atoms with E-state index in [1.54, 1.807) is 24.3 Å². The quantitative estimate of drug-likeness (QED) is 0.559. The van der Waals surface area contributed by atoms with E-state index in [-0.39, 0.29) is 16.2 Å². The number of sulfonamides is 1. The Bertz CT molecular complexity index is 1290. The average molecular weight is 554 g/mol. The van der Waals surface area contributed by atoms with Gasteiger partial charge in [0.1, 0.15) is 10.8 Å². The fourth-order valence-electron chi connectivity index (χ4n) is 6.00. The summed E-state index contributed by atoms with van der Waals surface area (Å²) in [5.74, 6) is -1.23. The number of carboxylic acid groups (broad SMARTS) is 1. The van der Waals surface area contributed by atoms with Crippen LogP contribution in [-0.4, -0.2) is 83.8 Å². The van der Waals surface area contributed by atoms with Crippen molar-refractivity contribution in [3.63, 3.8) is 0 Å². The van der Waals surface area contributed by atoms with E-state index >= 15 is 0 Å². The third-order valence-electron chi connectivity index (χ3n) is 8.08. The number of piperidine rings is 2. The maximum atomic E-state index is 13.8. The maximum Gasteiger partial charge on any atom is 0.318 e. The third-order valence-corrected chi connectivity index (χ3v) is 11.7. The van der Waals surface area contributed by atoms with E-state index < -0.39 is 34.0 Å². The molecule has 8 nitrogen and oxygen atoms in total. The van der Waals surface area contributed by atoms with E-state index in [0.29, 0.717) is 30.5 Å². The number of halogens is 1. The summed E-state index contributed by atoms with van der Waals surface area (Å²) in [5, 5.41) is 10.8. The summed E-state index contributed by atoms with van der Waals surface area (Å²) in [6, 6.07) is 6.70. The highest BCUT2D eigenvalue weighted by atomic mass is 35.5. The summed E-state index contributed by atoms with van der Waals surface area (Å²) in [7, 11) is -4.12. The molecule has 0 radical (unpaired) electrons. The Morgan fingerprint density at radius 3 is 2.64 bits per heavy atom. The largest absolute Gasteiger partial charge is 0.480 e. The zero-order valence-corrected chi connectivity index (χ0v) is 22.9. The zero-order valence-electron chi connectivity index (χ0n) is 20.5. The highest BCUT2D eigenvalue weighted by Crippen LogP contribution is 2.57. The van der Waals surface area contributed by atoms with Crippen molar-refractivity contribution in [2.24, 2.45) is 5.41 Å². The number of fused-ring (bicyclic) bond motifs is 1. The summed E-state index contributed by atoms with van der Waals surface area (Å²) >= 11 is 7.15. The molecule has 1 N–H and O–H groups in total. The number of rotatable bonds is 7. The maximum absolute atomic E-state index is 13.8. The first-order valence-corrected chi connectivity index (χ1v) is 15.1. The van der Waals surface area contributed by atoms with Gasteiger partial charge in [0.25, 0.3) is 10.0 Å². The topological polar surface area (TPSA) is 98.2 Å². The van der Waals surface area contributed by atoms with Crippen molar-refractivity contribution in [2.75, 3.05) is 26.2 Å². The molecule has 2 aliphatic heterocycles. The summed E-state index contributed by atoms with van der Waals surface area (Å²) in [5.41, 5.74) is -0.823. The number of carboxylic acids is 1. The molecule has 1 aliphatic carbocycles. The van der Waals surface area contributed by atoms with Gasteiger partial charge >= 0.3 is 5.97 Å². The van der Waals surface area contributed by atoms with Crippen LogP contribution in [0.4, 0.5) is 0 Å². The lowest BCUT2D eigenvalue weighted by molar-refractivity contribution is -0.145. The molecule has 11 heteroatoms. The first-order valence-electron chi connectivity index (χ1n) is 12.5. The second-order valence-corrected chi connectivity index (χ2v) is 14.2. The zero-order chi connectivity index (χ0) is 25.8. The van der Waals surface area contributed by atoms with Gasteiger partial charge in [0.15, 0.2) is 0 Å². The van der Waals surface area contributed by atoms with Crippen LogP contribution < -0.4 is 0 Å². The van der Waals surface area contributed by atoms with Crippen LogP contribution in [0.5, 0.6) is 0 Å². The minimum Gasteiger partial charge on any atom is -0.480 e. The molecular formula is C25H32ClN3O5S2. The van der Waals surface area contributed by atoms with Crippen LogP contribution in [0.2, 0.25) is 5.02 Å². The molecule has 2 atom stereocenters. The molecule has 1 saturated carbocycles. The number of amides is 1. The molecule has 2 saturated heterocycles. The minimum atomic E-state index is -4.12. The van der Waals surface area contributed by atoms with Crippen molar-refractivity contribution in [3.05, 3.63) is 29.3 Å². The van der Waals surface area contributed by atoms with Crippen LogP contribution in [0, 0.1) is 5.41 Å². The monoisotopic (exact) mass is 553 g/mol. The Morgan fingerprint density at radius 2 is 1.97 bits per heavy atom. The van der Waals surface area contributed by atoms with Crippen LogP contribution >= 0.6 is 22.9 Å². The van der Waals surface area contributed by atoms with Crippen LogP contribution in [0.15, 0.2) is 28.5 Å². The molecule has 1 amide bonds. The van der Waals surface area contributed by atoms with Crippen LogP contribution in [0.1, 0.15) is 46.0 Å². The second kappa shape index (κ2) is 9.54. The van der Waals surface area contributed by atoms with Gasteiger partial charge in [-0.15, -0.1) is 11.3 Å². The third kappa shape index (κ3) is 4.55. The van der Waals surface area contributed by atoms with Gasteiger partial charge < -0.3 is 14.9 Å². The molecule has 3 aliphatic rings. The molecule has 1 spiro atoms. The molecule has 1 aromatic carbocycles. The Hall–Kier alpha value is -1.72. The summed E-state index contributed by atoms with van der Waals surface area (Å²) < 4.78 is 29.3. The van der Waals surface area contributed by atoms with E-state index in [2.05, 4.69) is 18.7 Å². The number of hydrogen-bond acceptors (Lipinski definition) is 6.